The van der Waals surface area contributed by atoms with Crippen molar-refractivity contribution in [2.24, 2.45) is 0 Å². The lowest BCUT2D eigenvalue weighted by molar-refractivity contribution is -0.169. The van der Waals surface area contributed by atoms with Crippen LogP contribution in [-0.4, -0.2) is 37.4 Å². The molecule has 1 aliphatic rings. The van der Waals surface area contributed by atoms with E-state index in [1.54, 1.807) is 0 Å². The molecule has 3 nitrogen and oxygen atoms in total. The van der Waals surface area contributed by atoms with Crippen LogP contribution in [0.1, 0.15) is 32.6 Å². The fraction of sp³-hybridized carbons (Fsp3) is 0.909. The van der Waals surface area contributed by atoms with E-state index in [1.807, 2.05) is 6.92 Å². The summed E-state index contributed by atoms with van der Waals surface area (Å²) in [6, 6.07) is 0. The van der Waals surface area contributed by atoms with Crippen molar-refractivity contribution < 1.29 is 27.4 Å². The van der Waals surface area contributed by atoms with Crippen molar-refractivity contribution in [2.75, 3.05) is 13.2 Å². The number of Topliss-reactive ketones (excluding diaryl/α,β-unsaturated/α-hetero) is 1. The fourth-order valence-electron chi connectivity index (χ4n) is 1.57. The van der Waals surface area contributed by atoms with Crippen molar-refractivity contribution in [3.05, 3.63) is 0 Å². The van der Waals surface area contributed by atoms with E-state index in [0.29, 0.717) is 6.61 Å². The molecule has 0 amide bonds. The minimum Gasteiger partial charge on any atom is -0.375 e. The summed E-state index contributed by atoms with van der Waals surface area (Å²) in [5.41, 5.74) is 0. The lowest BCUT2D eigenvalue weighted by Gasteiger charge is -2.34. The van der Waals surface area contributed by atoms with E-state index in [1.165, 1.54) is 0 Å². The molecule has 1 fully saturated rings. The highest BCUT2D eigenvalue weighted by atomic mass is 19.4. The van der Waals surface area contributed by atoms with Gasteiger partial charge in [0.25, 0.3) is 0 Å². The topological polar surface area (TPSA) is 35.5 Å². The van der Waals surface area contributed by atoms with E-state index >= 15 is 0 Å². The van der Waals surface area contributed by atoms with E-state index in [0.717, 1.165) is 6.42 Å². The molecule has 2 atom stereocenters. The number of hydrogen-bond acceptors (Lipinski definition) is 3. The van der Waals surface area contributed by atoms with Crippen molar-refractivity contribution in [1.29, 1.82) is 0 Å². The summed E-state index contributed by atoms with van der Waals surface area (Å²) in [6.45, 7) is 2.41. The molecule has 0 N–H and O–H groups in total. The Morgan fingerprint density at radius 2 is 2.00 bits per heavy atom. The van der Waals surface area contributed by atoms with Gasteiger partial charge >= 0.3 is 6.18 Å². The normalized spacial score (nSPS) is 24.8. The third-order valence-corrected chi connectivity index (χ3v) is 2.50. The second kappa shape index (κ2) is 6.35. The first-order valence-corrected chi connectivity index (χ1v) is 5.76. The highest BCUT2D eigenvalue weighted by Gasteiger charge is 2.41. The van der Waals surface area contributed by atoms with Gasteiger partial charge < -0.3 is 9.47 Å². The zero-order chi connectivity index (χ0) is 12.9. The molecule has 0 aliphatic heterocycles. The van der Waals surface area contributed by atoms with Gasteiger partial charge in [-0.25, -0.2) is 0 Å². The Morgan fingerprint density at radius 1 is 1.29 bits per heavy atom. The molecule has 0 bridgehead atoms. The highest BCUT2D eigenvalue weighted by Crippen LogP contribution is 2.25. The Morgan fingerprint density at radius 3 is 2.53 bits per heavy atom. The summed E-state index contributed by atoms with van der Waals surface area (Å²) in [5.74, 6) is -0.0285. The molecule has 1 aliphatic carbocycles. The van der Waals surface area contributed by atoms with E-state index in [2.05, 4.69) is 0 Å². The van der Waals surface area contributed by atoms with E-state index in [4.69, 9.17) is 9.47 Å². The molecular formula is C11H17F3O3. The first-order chi connectivity index (χ1) is 7.94. The van der Waals surface area contributed by atoms with Crippen LogP contribution < -0.4 is 0 Å². The first-order valence-electron chi connectivity index (χ1n) is 5.76. The number of carbonyl (C=O) groups excluding carboxylic acids is 1. The summed E-state index contributed by atoms with van der Waals surface area (Å²) >= 11 is 0. The first kappa shape index (κ1) is 14.4. The molecule has 1 saturated carbocycles. The fourth-order valence-corrected chi connectivity index (χ4v) is 1.57. The Balaban J connectivity index is 2.13. The largest absolute Gasteiger partial charge is 0.389 e. The molecular weight excluding hydrogens is 237 g/mol. The lowest BCUT2D eigenvalue weighted by atomic mass is 9.90. The number of halogens is 3. The quantitative estimate of drug-likeness (QED) is 0.655. The van der Waals surface area contributed by atoms with Crippen molar-refractivity contribution in [1.82, 2.24) is 0 Å². The van der Waals surface area contributed by atoms with Gasteiger partial charge in [-0.1, -0.05) is 6.92 Å². The van der Waals surface area contributed by atoms with Gasteiger partial charge in [-0.05, 0) is 12.8 Å². The molecule has 6 heteroatoms. The van der Waals surface area contributed by atoms with Crippen molar-refractivity contribution in [3.63, 3.8) is 0 Å². The van der Waals surface area contributed by atoms with Gasteiger partial charge in [-0.2, -0.15) is 13.2 Å². The van der Waals surface area contributed by atoms with Crippen molar-refractivity contribution in [3.8, 4) is 0 Å². The number of ketones is 1. The summed E-state index contributed by atoms with van der Waals surface area (Å²) in [5, 5.41) is 0. The average Bonchev–Trinajstić information content (AvgIpc) is 2.21. The van der Waals surface area contributed by atoms with E-state index < -0.39 is 18.7 Å². The van der Waals surface area contributed by atoms with Crippen molar-refractivity contribution >= 4 is 5.78 Å². The van der Waals surface area contributed by atoms with Crippen LogP contribution in [0, 0.1) is 0 Å². The summed E-state index contributed by atoms with van der Waals surface area (Å²) < 4.78 is 46.0. The van der Waals surface area contributed by atoms with Gasteiger partial charge in [0.1, 0.15) is 6.10 Å². The van der Waals surface area contributed by atoms with E-state index in [9.17, 15) is 18.0 Å². The molecule has 0 aromatic rings. The molecule has 0 aromatic heterocycles. The van der Waals surface area contributed by atoms with Crippen LogP contribution >= 0.6 is 0 Å². The zero-order valence-electron chi connectivity index (χ0n) is 9.76. The highest BCUT2D eigenvalue weighted by molar-refractivity contribution is 5.90. The number of hydrogen-bond donors (Lipinski definition) is 0. The van der Waals surface area contributed by atoms with Crippen LogP contribution in [0.3, 0.4) is 0 Å². The second-order valence-corrected chi connectivity index (χ2v) is 4.09. The van der Waals surface area contributed by atoms with E-state index in [-0.39, 0.29) is 31.3 Å². The number of alkyl halides is 3. The van der Waals surface area contributed by atoms with Crippen LogP contribution in [-0.2, 0) is 14.3 Å². The van der Waals surface area contributed by atoms with Crippen LogP contribution in [0.5, 0.6) is 0 Å². The SMILES string of the molecule is CCCOC1C(=O)CC1OCCCC(F)(F)F. The maximum Gasteiger partial charge on any atom is 0.389 e. The smallest absolute Gasteiger partial charge is 0.375 e. The molecule has 0 spiro atoms. The van der Waals surface area contributed by atoms with Gasteiger partial charge in [0.2, 0.25) is 0 Å². The zero-order valence-corrected chi connectivity index (χ0v) is 9.76. The van der Waals surface area contributed by atoms with Crippen LogP contribution in [0.25, 0.3) is 0 Å². The third kappa shape index (κ3) is 5.04. The molecule has 1 rings (SSSR count). The molecule has 0 saturated heterocycles. The molecule has 2 unspecified atom stereocenters. The predicted molar refractivity (Wildman–Crippen MR) is 54.7 cm³/mol. The standard InChI is InChI=1S/C11H17F3O3/c1-2-5-17-10-8(15)7-9(10)16-6-3-4-11(12,13)14/h9-10H,2-7H2,1H3. The number of rotatable bonds is 7. The summed E-state index contributed by atoms with van der Waals surface area (Å²) in [6.07, 6.45) is -4.95. The van der Waals surface area contributed by atoms with Crippen LogP contribution in [0.2, 0.25) is 0 Å². The number of carbonyl (C=O) groups is 1. The maximum atomic E-state index is 11.8. The van der Waals surface area contributed by atoms with Gasteiger partial charge in [0.05, 0.1) is 6.10 Å². The van der Waals surface area contributed by atoms with Gasteiger partial charge in [-0.15, -0.1) is 0 Å². The minimum absolute atomic E-state index is 0.0173. The Kier molecular flexibility index (Phi) is 5.39. The molecule has 17 heavy (non-hydrogen) atoms. The Hall–Kier alpha value is -0.620. The minimum atomic E-state index is -4.14. The molecule has 0 heterocycles. The Bertz CT molecular complexity index is 253. The average molecular weight is 254 g/mol. The molecule has 0 radical (unpaired) electrons. The third-order valence-electron chi connectivity index (χ3n) is 2.50. The van der Waals surface area contributed by atoms with Gasteiger partial charge in [0, 0.05) is 26.1 Å². The second-order valence-electron chi connectivity index (χ2n) is 4.09. The monoisotopic (exact) mass is 254 g/mol. The number of ether oxygens (including phenoxy) is 2. The summed E-state index contributed by atoms with van der Waals surface area (Å²) in [7, 11) is 0. The molecule has 100 valence electrons. The maximum absolute atomic E-state index is 11.8. The molecule has 0 aromatic carbocycles. The van der Waals surface area contributed by atoms with Gasteiger partial charge in [-0.3, -0.25) is 4.79 Å². The van der Waals surface area contributed by atoms with Crippen LogP contribution in [0.15, 0.2) is 0 Å². The van der Waals surface area contributed by atoms with Gasteiger partial charge in [0.15, 0.2) is 5.78 Å². The Labute approximate surface area is 98.3 Å². The predicted octanol–water partition coefficient (Wildman–Crippen LogP) is 2.48. The lowest BCUT2D eigenvalue weighted by Crippen LogP contribution is -2.50. The van der Waals surface area contributed by atoms with Crippen LogP contribution in [0.4, 0.5) is 13.2 Å². The van der Waals surface area contributed by atoms with Crippen molar-refractivity contribution in [2.45, 2.75) is 51.0 Å². The summed E-state index contributed by atoms with van der Waals surface area (Å²) in [4.78, 5) is 11.2.